The summed E-state index contributed by atoms with van der Waals surface area (Å²) in [4.78, 5) is 35.0. The first-order valence-electron chi connectivity index (χ1n) is 16.2. The summed E-state index contributed by atoms with van der Waals surface area (Å²) in [5.41, 5.74) is 5.70. The number of aromatic nitrogens is 1. The first kappa shape index (κ1) is 29.7. The van der Waals surface area contributed by atoms with Gasteiger partial charge < -0.3 is 4.74 Å². The van der Waals surface area contributed by atoms with Gasteiger partial charge in [0.25, 0.3) is 0 Å². The van der Waals surface area contributed by atoms with Crippen LogP contribution in [0.5, 0.6) is 5.75 Å². The molecule has 0 spiro atoms. The Balaban J connectivity index is 1.17. The molecule has 46 heavy (non-hydrogen) atoms. The van der Waals surface area contributed by atoms with E-state index in [4.69, 9.17) is 4.74 Å². The molecule has 2 amide bonds. The van der Waals surface area contributed by atoms with E-state index in [2.05, 4.69) is 42.2 Å². The molecule has 230 valence electrons. The normalized spacial score (nSPS) is 17.3. The lowest BCUT2D eigenvalue weighted by molar-refractivity contribution is -0.144. The fraction of sp³-hybridized carbons (Fsp3) is 0.244. The molecule has 1 aromatic heterocycles. The SMILES string of the molecule is Cc1cc(OCc2ccc(C(C)C3CC(=O)N(C(c4ccccc4)(c4ccccc4)c4ccccc4)C3=O)cc2)cc(C2CC2)n1. The summed E-state index contributed by atoms with van der Waals surface area (Å²) in [5, 5.41) is 0. The third kappa shape index (κ3) is 5.51. The summed E-state index contributed by atoms with van der Waals surface area (Å²) >= 11 is 0. The maximum Gasteiger partial charge on any atom is 0.234 e. The minimum absolute atomic E-state index is 0.152. The van der Waals surface area contributed by atoms with Gasteiger partial charge in [0.15, 0.2) is 0 Å². The Morgan fingerprint density at radius 1 is 0.783 bits per heavy atom. The molecule has 2 heterocycles. The van der Waals surface area contributed by atoms with Crippen LogP contribution in [-0.4, -0.2) is 21.7 Å². The summed E-state index contributed by atoms with van der Waals surface area (Å²) in [5.74, 6) is 0.469. The number of hydrogen-bond donors (Lipinski definition) is 0. The number of imide groups is 1. The largest absolute Gasteiger partial charge is 0.489 e. The Morgan fingerprint density at radius 3 is 1.85 bits per heavy atom. The molecule has 5 nitrogen and oxygen atoms in total. The van der Waals surface area contributed by atoms with E-state index in [1.807, 2.05) is 104 Å². The Bertz CT molecular complexity index is 1740. The molecule has 5 heteroatoms. The third-order valence-electron chi connectivity index (χ3n) is 9.55. The minimum atomic E-state index is -1.10. The van der Waals surface area contributed by atoms with E-state index in [1.165, 1.54) is 12.8 Å². The molecule has 0 N–H and O–H groups in total. The average molecular weight is 607 g/mol. The summed E-state index contributed by atoms with van der Waals surface area (Å²) in [6.45, 7) is 4.51. The van der Waals surface area contributed by atoms with E-state index in [9.17, 15) is 9.59 Å². The van der Waals surface area contributed by atoms with Crippen LogP contribution in [0.15, 0.2) is 127 Å². The molecular weight excluding hydrogens is 568 g/mol. The van der Waals surface area contributed by atoms with Crippen LogP contribution in [0.4, 0.5) is 0 Å². The van der Waals surface area contributed by atoms with Crippen molar-refractivity contribution >= 4 is 11.8 Å². The molecule has 0 bridgehead atoms. The molecule has 7 rings (SSSR count). The minimum Gasteiger partial charge on any atom is -0.489 e. The van der Waals surface area contributed by atoms with Crippen molar-refractivity contribution < 1.29 is 14.3 Å². The van der Waals surface area contributed by atoms with Crippen LogP contribution in [0.2, 0.25) is 0 Å². The Kier molecular flexibility index (Phi) is 8.00. The molecule has 2 unspecified atom stereocenters. The molecule has 2 aliphatic rings. The van der Waals surface area contributed by atoms with Crippen LogP contribution in [0.3, 0.4) is 0 Å². The van der Waals surface area contributed by atoms with Crippen molar-refractivity contribution in [3.05, 3.63) is 167 Å². The zero-order valence-electron chi connectivity index (χ0n) is 26.3. The summed E-state index contributed by atoms with van der Waals surface area (Å²) in [6.07, 6.45) is 2.56. The Morgan fingerprint density at radius 2 is 1.33 bits per heavy atom. The van der Waals surface area contributed by atoms with Gasteiger partial charge in [-0.3, -0.25) is 19.5 Å². The second-order valence-electron chi connectivity index (χ2n) is 12.6. The molecule has 1 aliphatic heterocycles. The maximum atomic E-state index is 14.6. The highest BCUT2D eigenvalue weighted by atomic mass is 16.5. The third-order valence-corrected chi connectivity index (χ3v) is 9.55. The van der Waals surface area contributed by atoms with Gasteiger partial charge in [0.1, 0.15) is 17.9 Å². The number of hydrogen-bond acceptors (Lipinski definition) is 4. The van der Waals surface area contributed by atoms with Crippen LogP contribution in [0.1, 0.15) is 77.2 Å². The first-order valence-corrected chi connectivity index (χ1v) is 16.2. The number of ether oxygens (including phenoxy) is 1. The highest BCUT2D eigenvalue weighted by molar-refractivity contribution is 6.06. The van der Waals surface area contributed by atoms with Crippen LogP contribution in [-0.2, 0) is 21.7 Å². The number of carbonyl (C=O) groups is 2. The van der Waals surface area contributed by atoms with E-state index in [1.54, 1.807) is 4.90 Å². The molecule has 2 fully saturated rings. The van der Waals surface area contributed by atoms with Gasteiger partial charge in [-0.1, -0.05) is 122 Å². The second kappa shape index (κ2) is 12.4. The molecule has 5 aromatic rings. The Labute approximate surface area is 270 Å². The molecule has 1 saturated carbocycles. The number of benzene rings is 4. The average Bonchev–Trinajstić information content (AvgIpc) is 3.91. The van der Waals surface area contributed by atoms with Gasteiger partial charge in [-0.2, -0.15) is 0 Å². The molecule has 0 radical (unpaired) electrons. The van der Waals surface area contributed by atoms with Crippen molar-refractivity contribution in [2.75, 3.05) is 0 Å². The topological polar surface area (TPSA) is 59.5 Å². The summed E-state index contributed by atoms with van der Waals surface area (Å²) < 4.78 is 6.15. The summed E-state index contributed by atoms with van der Waals surface area (Å²) in [6, 6.07) is 42.0. The predicted octanol–water partition coefficient (Wildman–Crippen LogP) is 8.32. The maximum absolute atomic E-state index is 14.6. The number of pyridine rings is 1. The van der Waals surface area contributed by atoms with Crippen LogP contribution in [0.25, 0.3) is 0 Å². The number of rotatable bonds is 10. The highest BCUT2D eigenvalue weighted by Gasteiger charge is 2.54. The number of amides is 2. The molecule has 2 atom stereocenters. The van der Waals surface area contributed by atoms with Crippen molar-refractivity contribution in [3.8, 4) is 5.75 Å². The lowest BCUT2D eigenvalue weighted by Crippen LogP contribution is -2.51. The molecular formula is C41H38N2O3. The summed E-state index contributed by atoms with van der Waals surface area (Å²) in [7, 11) is 0. The number of aryl methyl sites for hydroxylation is 1. The fourth-order valence-electron chi connectivity index (χ4n) is 6.97. The van der Waals surface area contributed by atoms with Gasteiger partial charge in [-0.05, 0) is 53.5 Å². The van der Waals surface area contributed by atoms with Gasteiger partial charge in [-0.25, -0.2) is 0 Å². The van der Waals surface area contributed by atoms with Crippen LogP contribution in [0, 0.1) is 12.8 Å². The monoisotopic (exact) mass is 606 g/mol. The van der Waals surface area contributed by atoms with Crippen molar-refractivity contribution in [2.45, 2.75) is 57.1 Å². The smallest absolute Gasteiger partial charge is 0.234 e. The molecule has 1 saturated heterocycles. The zero-order chi connectivity index (χ0) is 31.7. The van der Waals surface area contributed by atoms with Gasteiger partial charge in [0.2, 0.25) is 11.8 Å². The lowest BCUT2D eigenvalue weighted by atomic mass is 9.75. The fourth-order valence-corrected chi connectivity index (χ4v) is 6.97. The highest BCUT2D eigenvalue weighted by Crippen LogP contribution is 2.47. The van der Waals surface area contributed by atoms with Crippen LogP contribution < -0.4 is 4.74 Å². The van der Waals surface area contributed by atoms with Crippen molar-refractivity contribution in [1.29, 1.82) is 0 Å². The Hall–Kier alpha value is -5.03. The van der Waals surface area contributed by atoms with Gasteiger partial charge in [0.05, 0.1) is 5.92 Å². The number of likely N-dealkylation sites (tertiary alicyclic amines) is 1. The quantitative estimate of drug-likeness (QED) is 0.119. The van der Waals surface area contributed by atoms with E-state index in [0.717, 1.165) is 45.0 Å². The van der Waals surface area contributed by atoms with Gasteiger partial charge in [-0.15, -0.1) is 0 Å². The standard InChI is InChI=1S/C41H38N2O3/c1-28-24-36(25-38(42-28)32-22-23-32)46-27-30-18-20-31(21-19-30)29(2)37-26-39(44)43(40(37)45)41(33-12-6-3-7-13-33,34-14-8-4-9-15-34)35-16-10-5-11-17-35/h3-21,24-25,29,32,37H,22-23,26-27H2,1-2H3. The number of nitrogens with zero attached hydrogens (tertiary/aromatic N) is 2. The second-order valence-corrected chi connectivity index (χ2v) is 12.6. The van der Waals surface area contributed by atoms with E-state index >= 15 is 0 Å². The predicted molar refractivity (Wildman–Crippen MR) is 179 cm³/mol. The molecule has 1 aliphatic carbocycles. The van der Waals surface area contributed by atoms with E-state index in [-0.39, 0.29) is 24.2 Å². The lowest BCUT2D eigenvalue weighted by Gasteiger charge is -2.42. The zero-order valence-corrected chi connectivity index (χ0v) is 26.3. The van der Waals surface area contributed by atoms with Gasteiger partial charge in [0, 0.05) is 35.9 Å². The first-order chi connectivity index (χ1) is 22.4. The van der Waals surface area contributed by atoms with Gasteiger partial charge >= 0.3 is 0 Å². The van der Waals surface area contributed by atoms with Crippen LogP contribution >= 0.6 is 0 Å². The van der Waals surface area contributed by atoms with Crippen molar-refractivity contribution in [1.82, 2.24) is 9.88 Å². The van der Waals surface area contributed by atoms with Crippen molar-refractivity contribution in [2.24, 2.45) is 5.92 Å². The van der Waals surface area contributed by atoms with Crippen molar-refractivity contribution in [3.63, 3.8) is 0 Å². The molecule has 4 aromatic carbocycles. The number of carbonyl (C=O) groups excluding carboxylic acids is 2. The van der Waals surface area contributed by atoms with E-state index in [0.29, 0.717) is 12.5 Å². The van der Waals surface area contributed by atoms with E-state index < -0.39 is 11.5 Å².